The highest BCUT2D eigenvalue weighted by atomic mass is 16.7. The maximum absolute atomic E-state index is 14.6. The summed E-state index contributed by atoms with van der Waals surface area (Å²) in [7, 11) is 0. The molecule has 0 radical (unpaired) electrons. The number of esters is 1. The second-order valence-electron chi connectivity index (χ2n) is 23.1. The molecule has 84 heavy (non-hydrogen) atoms. The van der Waals surface area contributed by atoms with Crippen molar-refractivity contribution in [3.05, 3.63) is 85.1 Å². The molecule has 0 aromatic rings. The first-order valence-corrected chi connectivity index (χ1v) is 29.2. The number of fused-ring (bicyclic) bond motifs is 2. The average molecular weight is 1200 g/mol. The van der Waals surface area contributed by atoms with Gasteiger partial charge in [0.15, 0.2) is 12.1 Å². The van der Waals surface area contributed by atoms with Crippen LogP contribution in [0.1, 0.15) is 79.1 Å². The Morgan fingerprint density at radius 2 is 1.26 bits per heavy atom. The number of piperazine rings is 1. The molecule has 5 aliphatic rings. The number of aliphatic hydroxyl groups is 15. The van der Waals surface area contributed by atoms with Crippen LogP contribution in [0.15, 0.2) is 85.1 Å². The van der Waals surface area contributed by atoms with E-state index in [0.717, 1.165) is 0 Å². The molecule has 2 bridgehead atoms. The maximum atomic E-state index is 14.6. The maximum Gasteiger partial charge on any atom is 0.308 e. The highest BCUT2D eigenvalue weighted by molar-refractivity contribution is 5.80. The SMILES string of the molecule is CC1[C@H](C)OC(=O)C[C@H](O)C[C@H](O)CC[C@@H](O)[C@H](O)C[C@H](O)C[C@]2(O)C[C@H](O)C(C(=O)N3CCN(CCO)CC3)C(C[C@@H](OC3O[C@H](C)[C@@H](O)[C@H](NC[C@@]4(O)OC[C@@H](O)[C@@H](O)[C@@H]4O)[C@@H]3O)C=CC=CC=CC=CC=CC=CC=C[C@H](C)[C@H]1O)O2. The van der Waals surface area contributed by atoms with Gasteiger partial charge in [0.25, 0.3) is 0 Å². The van der Waals surface area contributed by atoms with E-state index in [1.807, 2.05) is 17.9 Å². The van der Waals surface area contributed by atoms with E-state index in [4.69, 9.17) is 23.7 Å². The molecule has 0 aromatic heterocycles. The second-order valence-corrected chi connectivity index (χ2v) is 23.1. The molecule has 0 saturated carbocycles. The van der Waals surface area contributed by atoms with Gasteiger partial charge >= 0.3 is 5.97 Å². The predicted molar refractivity (Wildman–Crippen MR) is 302 cm³/mol. The molecule has 1 amide bonds. The highest BCUT2D eigenvalue weighted by Crippen LogP contribution is 2.39. The van der Waals surface area contributed by atoms with E-state index in [-0.39, 0.29) is 51.3 Å². The number of amides is 1. The lowest BCUT2D eigenvalue weighted by molar-refractivity contribution is -0.323. The van der Waals surface area contributed by atoms with Gasteiger partial charge in [0.2, 0.25) is 11.7 Å². The Labute approximate surface area is 491 Å². The molecule has 4 unspecified atom stereocenters. The van der Waals surface area contributed by atoms with Crippen LogP contribution in [0.3, 0.4) is 0 Å². The van der Waals surface area contributed by atoms with Crippen LogP contribution in [0.5, 0.6) is 0 Å². The molecule has 4 saturated heterocycles. The summed E-state index contributed by atoms with van der Waals surface area (Å²) in [6.07, 6.45) is -3.19. The van der Waals surface area contributed by atoms with Crippen molar-refractivity contribution in [2.24, 2.45) is 17.8 Å². The van der Waals surface area contributed by atoms with E-state index in [9.17, 15) is 86.2 Å². The van der Waals surface area contributed by atoms with Crippen molar-refractivity contribution in [1.82, 2.24) is 15.1 Å². The fraction of sp³-hybridized carbons (Fsp3) is 0.729. The molecule has 23 atom stereocenters. The van der Waals surface area contributed by atoms with Gasteiger partial charge in [-0.1, -0.05) is 98.9 Å². The number of ether oxygens (including phenoxy) is 5. The third-order valence-corrected chi connectivity index (χ3v) is 16.3. The van der Waals surface area contributed by atoms with E-state index < -0.39 is 184 Å². The van der Waals surface area contributed by atoms with Crippen LogP contribution in [-0.2, 0) is 33.3 Å². The largest absolute Gasteiger partial charge is 0.462 e. The minimum atomic E-state index is -2.47. The number of nitrogens with zero attached hydrogens (tertiary/aromatic N) is 2. The Balaban J connectivity index is 1.44. The summed E-state index contributed by atoms with van der Waals surface area (Å²) in [4.78, 5) is 30.9. The summed E-state index contributed by atoms with van der Waals surface area (Å²) in [6, 6.07) is -1.35. The van der Waals surface area contributed by atoms with E-state index in [2.05, 4.69) is 5.32 Å². The standard InChI is InChI=1S/C59H95N3O22/c1-35-17-15-13-11-9-7-5-6-8-10-12-14-16-18-42(83-57-54(75)50(52(73)38(4)82-57)60-34-59(79)55(76)53(74)46(70)33-80-59)30-47-49(56(77)62-23-21-61(22-24-62)25-26-63)45(69)32-58(78,84-47)31-41(66)28-44(68)43(67)20-19-39(64)27-40(65)29-48(71)81-37(3)36(2)51(35)72/h5-18,35-47,49-55,57,60,63-70,72-76,78-79H,19-34H2,1-4H3/t35-,36?,37-,38+,39+,40+,41-,42-,43+,44+,45-,46+,47?,49?,50-,51+,52+,53+,54-,55-,57?,58+,59+/m0/s1. The molecule has 16 N–H and O–H groups in total. The van der Waals surface area contributed by atoms with Crippen molar-refractivity contribution in [3.63, 3.8) is 0 Å². The third kappa shape index (κ3) is 21.3. The first-order valence-electron chi connectivity index (χ1n) is 29.2. The van der Waals surface area contributed by atoms with Crippen molar-refractivity contribution in [2.75, 3.05) is 52.5 Å². The second kappa shape index (κ2) is 34.1. The number of hydrogen-bond donors (Lipinski definition) is 16. The minimum Gasteiger partial charge on any atom is -0.462 e. The summed E-state index contributed by atoms with van der Waals surface area (Å²) >= 11 is 0. The van der Waals surface area contributed by atoms with E-state index in [0.29, 0.717) is 19.6 Å². The van der Waals surface area contributed by atoms with Crippen LogP contribution < -0.4 is 5.32 Å². The molecule has 4 fully saturated rings. The van der Waals surface area contributed by atoms with Gasteiger partial charge in [0.1, 0.15) is 30.5 Å². The van der Waals surface area contributed by atoms with Crippen LogP contribution in [0, 0.1) is 17.8 Å². The normalized spacial score (nSPS) is 42.2. The smallest absolute Gasteiger partial charge is 0.308 e. The zero-order valence-corrected chi connectivity index (χ0v) is 48.5. The number of allylic oxidation sites excluding steroid dienone is 12. The highest BCUT2D eigenvalue weighted by Gasteiger charge is 2.53. The van der Waals surface area contributed by atoms with Crippen LogP contribution in [0.25, 0.3) is 0 Å². The minimum absolute atomic E-state index is 0.0956. The summed E-state index contributed by atoms with van der Waals surface area (Å²) in [6.45, 7) is 7.01. The summed E-state index contributed by atoms with van der Waals surface area (Å²) < 4.78 is 29.6. The molecule has 0 spiro atoms. The monoisotopic (exact) mass is 1200 g/mol. The quantitative estimate of drug-likeness (QED) is 0.109. The molecule has 0 aromatic carbocycles. The summed E-state index contributed by atoms with van der Waals surface area (Å²) in [5, 5.41) is 167. The van der Waals surface area contributed by atoms with Gasteiger partial charge in [0, 0.05) is 70.2 Å². The zero-order valence-electron chi connectivity index (χ0n) is 48.5. The lowest BCUT2D eigenvalue weighted by atomic mass is 9.81. The topological polar surface area (TPSA) is 402 Å². The molecular weight excluding hydrogens is 1100 g/mol. The van der Waals surface area contributed by atoms with Crippen molar-refractivity contribution >= 4 is 11.9 Å². The van der Waals surface area contributed by atoms with Crippen LogP contribution in [0.4, 0.5) is 0 Å². The Morgan fingerprint density at radius 3 is 1.88 bits per heavy atom. The zero-order chi connectivity index (χ0) is 61.9. The fourth-order valence-electron chi connectivity index (χ4n) is 11.0. The number of nitrogens with one attached hydrogen (secondary N) is 1. The first kappa shape index (κ1) is 71.0. The van der Waals surface area contributed by atoms with Gasteiger partial charge in [-0.3, -0.25) is 14.5 Å². The van der Waals surface area contributed by atoms with Gasteiger partial charge in [-0.2, -0.15) is 0 Å². The van der Waals surface area contributed by atoms with Gasteiger partial charge < -0.3 is 110 Å². The molecule has 5 rings (SSSR count). The van der Waals surface area contributed by atoms with E-state index in [1.165, 1.54) is 17.9 Å². The van der Waals surface area contributed by atoms with Crippen molar-refractivity contribution < 1.29 is 110 Å². The Hall–Kier alpha value is -3.72. The number of carbonyl (C=O) groups is 2. The Kier molecular flexibility index (Phi) is 28.9. The molecular formula is C59H95N3O22. The Morgan fingerprint density at radius 1 is 0.655 bits per heavy atom. The van der Waals surface area contributed by atoms with Crippen LogP contribution in [0.2, 0.25) is 0 Å². The molecule has 0 aliphatic carbocycles. The number of β-amino-alcohol motifs (C(OH)–C–C–N with tert-alkyl or cyclic N) is 1. The molecule has 25 nitrogen and oxygen atoms in total. The summed E-state index contributed by atoms with van der Waals surface area (Å²) in [5.41, 5.74) is 0. The molecule has 5 heterocycles. The number of cyclic esters (lactones) is 1. The van der Waals surface area contributed by atoms with Gasteiger partial charge in [-0.15, -0.1) is 0 Å². The van der Waals surface area contributed by atoms with Crippen molar-refractivity contribution in [2.45, 2.75) is 201 Å². The lowest BCUT2D eigenvalue weighted by Gasteiger charge is -2.48. The first-order chi connectivity index (χ1) is 39.8. The molecule has 25 heteroatoms. The number of aliphatic hydroxyl groups excluding tert-OH is 13. The summed E-state index contributed by atoms with van der Waals surface area (Å²) in [5.74, 6) is -8.28. The molecule has 478 valence electrons. The van der Waals surface area contributed by atoms with Crippen LogP contribution >= 0.6 is 0 Å². The third-order valence-electron chi connectivity index (χ3n) is 16.3. The van der Waals surface area contributed by atoms with Gasteiger partial charge in [-0.25, -0.2) is 0 Å². The van der Waals surface area contributed by atoms with Gasteiger partial charge in [0.05, 0.1) is 105 Å². The number of carbonyl (C=O) groups excluding carboxylic acids is 2. The Bertz CT molecular complexity index is 2210. The average Bonchev–Trinajstić information content (AvgIpc) is 2.40. The van der Waals surface area contributed by atoms with E-state index in [1.54, 1.807) is 86.8 Å². The van der Waals surface area contributed by atoms with Gasteiger partial charge in [-0.05, 0) is 33.1 Å². The lowest BCUT2D eigenvalue weighted by Crippen LogP contribution is -2.69. The van der Waals surface area contributed by atoms with Crippen LogP contribution in [-0.4, -0.2) is 272 Å². The van der Waals surface area contributed by atoms with Crippen molar-refractivity contribution in [3.8, 4) is 0 Å². The predicted octanol–water partition coefficient (Wildman–Crippen LogP) is -2.80. The fourth-order valence-corrected chi connectivity index (χ4v) is 11.0. The molecule has 5 aliphatic heterocycles. The van der Waals surface area contributed by atoms with E-state index >= 15 is 0 Å². The number of hydrogen-bond acceptors (Lipinski definition) is 24. The number of rotatable bonds is 8. The van der Waals surface area contributed by atoms with Crippen molar-refractivity contribution in [1.29, 1.82) is 0 Å².